The SMILES string of the molecule is C[C@H](Cc1ccc(O)c(O)c1)[C@@H](C)Cc1ccc(O)c(O)c1.[B][B].[NH]=[SbH].[SbH2].[SbH2].[Sb].[Y].[Y].[Y].[Y]. The van der Waals surface area contributed by atoms with E-state index in [2.05, 4.69) is 29.3 Å². The Bertz CT molecular complexity index is 659. The summed E-state index contributed by atoms with van der Waals surface area (Å²) in [6.07, 6.45) is 1.58. The molecule has 33 heavy (non-hydrogen) atoms. The Kier molecular flexibility index (Phi) is 62.0. The van der Waals surface area contributed by atoms with E-state index in [1.165, 1.54) is 12.1 Å². The number of hydrogen-bond donors (Lipinski definition) is 5. The van der Waals surface area contributed by atoms with Crippen molar-refractivity contribution in [2.45, 2.75) is 26.7 Å². The Hall–Kier alpha value is 5.26. The summed E-state index contributed by atoms with van der Waals surface area (Å²) in [5.74, 6) is 0.314. The summed E-state index contributed by atoms with van der Waals surface area (Å²) in [4.78, 5) is 0. The molecule has 0 saturated carbocycles. The third-order valence-corrected chi connectivity index (χ3v) is 4.17. The van der Waals surface area contributed by atoms with Crippen LogP contribution in [0.1, 0.15) is 25.0 Å². The van der Waals surface area contributed by atoms with Crippen LogP contribution in [0.2, 0.25) is 0 Å². The Morgan fingerprint density at radius 1 is 0.667 bits per heavy atom. The third-order valence-electron chi connectivity index (χ3n) is 4.17. The molecule has 0 spiro atoms. The van der Waals surface area contributed by atoms with Gasteiger partial charge in [-0.05, 0) is 60.1 Å². The smallest absolute Gasteiger partial charge is 0 e. The van der Waals surface area contributed by atoms with Crippen molar-refractivity contribution in [1.29, 1.82) is 3.51 Å². The molecule has 167 valence electrons. The van der Waals surface area contributed by atoms with E-state index < -0.39 is 0 Å². The number of rotatable bonds is 5. The van der Waals surface area contributed by atoms with Crippen molar-refractivity contribution < 1.29 is 151 Å². The van der Waals surface area contributed by atoms with Crippen LogP contribution in [0, 0.1) is 15.3 Å². The van der Waals surface area contributed by atoms with Gasteiger partial charge in [0.05, 0.1) is 0 Å². The molecule has 0 unspecified atom stereocenters. The first-order chi connectivity index (χ1) is 12.4. The van der Waals surface area contributed by atoms with E-state index in [1.807, 2.05) is 12.1 Å². The zero-order chi connectivity index (χ0) is 20.3. The van der Waals surface area contributed by atoms with Crippen LogP contribution in [-0.2, 0) is 144 Å². The summed E-state index contributed by atoms with van der Waals surface area (Å²) in [5, 5.41) is 37.8. The van der Waals surface area contributed by atoms with E-state index in [9.17, 15) is 20.4 Å². The second-order valence-corrected chi connectivity index (χ2v) is 6.01. The number of benzene rings is 2. The van der Waals surface area contributed by atoms with E-state index in [1.54, 1.807) is 12.1 Å². The topological polar surface area (TPSA) is 105 Å². The Balaban J connectivity index is -0.0000000898. The van der Waals surface area contributed by atoms with Gasteiger partial charge in [0.1, 0.15) is 0 Å². The van der Waals surface area contributed by atoms with Crippen LogP contribution in [0.25, 0.3) is 0 Å². The first-order valence-electron chi connectivity index (χ1n) is 7.97. The van der Waals surface area contributed by atoms with Crippen LogP contribution in [0.5, 0.6) is 23.0 Å². The fourth-order valence-electron chi connectivity index (χ4n) is 2.54. The van der Waals surface area contributed by atoms with E-state index in [-0.39, 0.29) is 227 Å². The normalized spacial score (nSPS) is 9.39. The van der Waals surface area contributed by atoms with Crippen molar-refractivity contribution in [3.63, 3.8) is 0 Å². The summed E-state index contributed by atoms with van der Waals surface area (Å²) in [6.45, 7) is 4.27. The van der Waals surface area contributed by atoms with Gasteiger partial charge < -0.3 is 20.4 Å². The van der Waals surface area contributed by atoms with E-state index >= 15 is 0 Å². The molecule has 2 aromatic rings. The van der Waals surface area contributed by atoms with Crippen molar-refractivity contribution in [3.05, 3.63) is 47.5 Å². The van der Waals surface area contributed by atoms with Crippen molar-refractivity contribution in [3.8, 4) is 23.0 Å². The maximum absolute atomic E-state index is 9.54. The van der Waals surface area contributed by atoms with Crippen molar-refractivity contribution in [2.75, 3.05) is 0 Å². The number of nitrogens with one attached hydrogen (secondary N) is 1. The quantitative estimate of drug-likeness (QED) is 0.219. The van der Waals surface area contributed by atoms with Crippen LogP contribution >= 0.6 is 0 Å². The summed E-state index contributed by atoms with van der Waals surface area (Å²) < 4.78 is 5.84. The molecular formula is C18H28B2NO4Sb4Y4. The molecular weight excluding hydrogens is 1160 g/mol. The monoisotopic (exact) mass is 1180 g/mol. The Labute approximate surface area is 367 Å². The van der Waals surface area contributed by atoms with Gasteiger partial charge in [-0.1, -0.05) is 26.0 Å². The van der Waals surface area contributed by atoms with Crippen LogP contribution in [0.4, 0.5) is 0 Å². The summed E-state index contributed by atoms with van der Waals surface area (Å²) in [7, 11) is 8.00. The summed E-state index contributed by atoms with van der Waals surface area (Å²) in [5.41, 5.74) is 1.95. The molecule has 0 aromatic heterocycles. The van der Waals surface area contributed by atoms with Crippen LogP contribution < -0.4 is 0 Å². The van der Waals surface area contributed by atoms with Crippen LogP contribution in [0.3, 0.4) is 0 Å². The predicted molar refractivity (Wildman–Crippen MR) is 129 cm³/mol. The first-order valence-corrected chi connectivity index (χ1v) is 9.39. The van der Waals surface area contributed by atoms with E-state index in [0.717, 1.165) is 46.8 Å². The molecule has 2 aromatic carbocycles. The number of aromatic hydroxyl groups is 4. The number of hydrogen-bond acceptors (Lipinski definition) is 5. The molecule has 2 atom stereocenters. The summed E-state index contributed by atoms with van der Waals surface area (Å²) in [6, 6.07) is 9.80. The molecule has 0 fully saturated rings. The molecule has 2 rings (SSSR count). The standard InChI is InChI=1S/C18H22O4.B2.HN.4Sb.4Y.5H/c1-11(7-13-3-5-15(19)17(21)9-13)12(2)8-14-4-6-16(20)18(22)10-14;1-2;;;;;;;;;;;;;;/h3-6,9-12,19-22H,7-8H2,1-2H3;;1H;;;;;;;;;;;;;/t11-,12+;;;;;;;;;;;;;;;. The van der Waals surface area contributed by atoms with Gasteiger partial charge in [0.2, 0.25) is 0 Å². The van der Waals surface area contributed by atoms with Gasteiger partial charge in [0, 0.05) is 171 Å². The van der Waals surface area contributed by atoms with Crippen molar-refractivity contribution in [2.24, 2.45) is 11.8 Å². The molecule has 0 heterocycles. The average molecular weight is 1190 g/mol. The van der Waals surface area contributed by atoms with Gasteiger partial charge in [-0.25, -0.2) is 0 Å². The second kappa shape index (κ2) is 35.3. The minimum Gasteiger partial charge on any atom is 0 e. The van der Waals surface area contributed by atoms with Gasteiger partial charge >= 0.3 is 75.2 Å². The molecule has 0 aliphatic heterocycles. The molecule has 15 heteroatoms. The van der Waals surface area contributed by atoms with E-state index in [0.29, 0.717) is 11.8 Å². The van der Waals surface area contributed by atoms with E-state index in [4.69, 9.17) is 3.51 Å². The predicted octanol–water partition coefficient (Wildman–Crippen LogP) is 0.231. The zero-order valence-electron chi connectivity index (χ0n) is 18.9. The van der Waals surface area contributed by atoms with Gasteiger partial charge in [-0.2, -0.15) is 0 Å². The fourth-order valence-corrected chi connectivity index (χ4v) is 2.54. The molecule has 0 aliphatic rings. The summed E-state index contributed by atoms with van der Waals surface area (Å²) >= 11 is 0.800. The van der Waals surface area contributed by atoms with Crippen LogP contribution in [-0.4, -0.2) is 132 Å². The zero-order valence-corrected chi connectivity index (χ0v) is 42.2. The maximum atomic E-state index is 9.54. The molecule has 0 amide bonds. The fraction of sp³-hybridized carbons (Fsp3) is 0.333. The molecule has 0 bridgehead atoms. The van der Waals surface area contributed by atoms with Gasteiger partial charge in [-0.15, -0.1) is 0 Å². The first kappa shape index (κ1) is 58.0. The number of phenolic OH excluding ortho intramolecular Hbond substituents is 4. The second-order valence-electron chi connectivity index (χ2n) is 6.01. The largest absolute Gasteiger partial charge is 0 e. The van der Waals surface area contributed by atoms with Gasteiger partial charge in [-0.3, -0.25) is 0 Å². The molecule has 5 nitrogen and oxygen atoms in total. The third kappa shape index (κ3) is 24.8. The molecule has 0 aliphatic carbocycles. The maximum Gasteiger partial charge on any atom is 0 e. The Morgan fingerprint density at radius 2 is 0.909 bits per heavy atom. The van der Waals surface area contributed by atoms with Crippen molar-refractivity contribution in [1.82, 2.24) is 0 Å². The minimum absolute atomic E-state index is 0. The average Bonchev–Trinajstić information content (AvgIpc) is 2.64. The molecule has 13 radical (unpaired) electrons. The van der Waals surface area contributed by atoms with Gasteiger partial charge in [0.25, 0.3) is 0 Å². The van der Waals surface area contributed by atoms with Crippen LogP contribution in [0.15, 0.2) is 36.4 Å². The molecule has 0 saturated heterocycles. The molecule has 5 N–H and O–H groups in total. The number of phenols is 4. The Morgan fingerprint density at radius 3 is 1.12 bits per heavy atom. The van der Waals surface area contributed by atoms with Crippen molar-refractivity contribution >= 4 is 112 Å². The van der Waals surface area contributed by atoms with Gasteiger partial charge in [0.15, 0.2) is 23.0 Å². The minimum atomic E-state index is -0.107.